The van der Waals surface area contributed by atoms with E-state index in [9.17, 15) is 9.18 Å². The number of hydrogen-bond donors (Lipinski definition) is 2. The van der Waals surface area contributed by atoms with Crippen molar-refractivity contribution < 1.29 is 9.18 Å². The van der Waals surface area contributed by atoms with Gasteiger partial charge in [0.15, 0.2) is 0 Å². The van der Waals surface area contributed by atoms with E-state index < -0.39 is 5.82 Å². The second kappa shape index (κ2) is 6.19. The normalized spacial score (nSPS) is 10.7. The Hall–Kier alpha value is -2.09. The maximum atomic E-state index is 13.5. The van der Waals surface area contributed by atoms with Gasteiger partial charge in [-0.05, 0) is 39.0 Å². The second-order valence-corrected chi connectivity index (χ2v) is 5.28. The first-order chi connectivity index (χ1) is 8.81. The molecule has 0 radical (unpaired) electrons. The number of carbonyl (C=O) groups is 1. The highest BCUT2D eigenvalue weighted by atomic mass is 19.1. The molecule has 0 aromatic heterocycles. The number of nitriles is 1. The molecule has 0 saturated carbocycles. The van der Waals surface area contributed by atoms with E-state index in [-0.39, 0.29) is 23.4 Å². The molecule has 1 aromatic rings. The van der Waals surface area contributed by atoms with Crippen LogP contribution < -0.4 is 10.6 Å². The molecule has 1 aromatic carbocycles. The van der Waals surface area contributed by atoms with Gasteiger partial charge in [0.2, 0.25) is 5.91 Å². The average Bonchev–Trinajstić information content (AvgIpc) is 2.28. The lowest BCUT2D eigenvalue weighted by Crippen LogP contribution is -2.41. The fraction of sp³-hybridized carbons (Fsp3) is 0.429. The van der Waals surface area contributed by atoms with Crippen LogP contribution in [0.25, 0.3) is 0 Å². The highest BCUT2D eigenvalue weighted by Crippen LogP contribution is 2.15. The van der Waals surface area contributed by atoms with Gasteiger partial charge in [0.25, 0.3) is 0 Å². The van der Waals surface area contributed by atoms with Crippen molar-refractivity contribution in [3.8, 4) is 6.07 Å². The first-order valence-corrected chi connectivity index (χ1v) is 6.06. The van der Waals surface area contributed by atoms with Crippen LogP contribution in [0.2, 0.25) is 0 Å². The molecule has 4 nitrogen and oxygen atoms in total. The Morgan fingerprint density at radius 2 is 2.11 bits per heavy atom. The molecule has 0 aliphatic rings. The minimum absolute atomic E-state index is 0.0888. The van der Waals surface area contributed by atoms with Crippen LogP contribution in [0.3, 0.4) is 0 Å². The van der Waals surface area contributed by atoms with Crippen molar-refractivity contribution in [1.82, 2.24) is 5.32 Å². The van der Waals surface area contributed by atoms with Crippen molar-refractivity contribution in [2.75, 3.05) is 11.9 Å². The molecule has 0 aliphatic carbocycles. The van der Waals surface area contributed by atoms with Gasteiger partial charge in [0.1, 0.15) is 5.82 Å². The van der Waals surface area contributed by atoms with Gasteiger partial charge < -0.3 is 10.6 Å². The highest BCUT2D eigenvalue weighted by molar-refractivity contribution is 5.77. The van der Waals surface area contributed by atoms with Crippen LogP contribution in [0.5, 0.6) is 0 Å². The average molecular weight is 263 g/mol. The van der Waals surface area contributed by atoms with Crippen LogP contribution in [0.15, 0.2) is 18.2 Å². The van der Waals surface area contributed by atoms with E-state index in [0.29, 0.717) is 12.2 Å². The number of nitrogens with one attached hydrogen (secondary N) is 2. The Balaban J connectivity index is 2.46. The Kier molecular flexibility index (Phi) is 4.87. The Bertz CT molecular complexity index is 500. The minimum Gasteiger partial charge on any atom is -0.382 e. The molecule has 0 saturated heterocycles. The molecule has 0 unspecified atom stereocenters. The highest BCUT2D eigenvalue weighted by Gasteiger charge is 2.13. The fourth-order valence-electron chi connectivity index (χ4n) is 1.52. The third kappa shape index (κ3) is 5.38. The summed E-state index contributed by atoms with van der Waals surface area (Å²) in [6.45, 7) is 6.04. The van der Waals surface area contributed by atoms with Crippen LogP contribution in [0.4, 0.5) is 10.1 Å². The molecule has 0 aliphatic heterocycles. The van der Waals surface area contributed by atoms with Crippen LogP contribution >= 0.6 is 0 Å². The van der Waals surface area contributed by atoms with Gasteiger partial charge in [-0.2, -0.15) is 5.26 Å². The summed E-state index contributed by atoms with van der Waals surface area (Å²) in [5, 5.41) is 14.3. The lowest BCUT2D eigenvalue weighted by Gasteiger charge is -2.20. The molecule has 0 spiro atoms. The zero-order valence-corrected chi connectivity index (χ0v) is 11.4. The molecule has 0 fully saturated rings. The zero-order chi connectivity index (χ0) is 14.5. The van der Waals surface area contributed by atoms with Crippen molar-refractivity contribution in [1.29, 1.82) is 5.26 Å². The lowest BCUT2D eigenvalue weighted by atomic mass is 10.1. The first-order valence-electron chi connectivity index (χ1n) is 6.06. The van der Waals surface area contributed by atoms with E-state index in [4.69, 9.17) is 5.26 Å². The summed E-state index contributed by atoms with van der Waals surface area (Å²) in [5.41, 5.74) is 0.299. The maximum Gasteiger partial charge on any atom is 0.222 e. The largest absolute Gasteiger partial charge is 0.382 e. The van der Waals surface area contributed by atoms with E-state index in [1.807, 2.05) is 26.8 Å². The summed E-state index contributed by atoms with van der Waals surface area (Å²) in [5.74, 6) is -0.579. The number of rotatable bonds is 4. The molecule has 0 bridgehead atoms. The number of amides is 1. The molecule has 0 heterocycles. The smallest absolute Gasteiger partial charge is 0.222 e. The van der Waals surface area contributed by atoms with Crippen molar-refractivity contribution >= 4 is 11.6 Å². The number of nitrogens with zero attached hydrogens (tertiary/aromatic N) is 1. The molecule has 1 rings (SSSR count). The number of halogens is 1. The number of hydrogen-bond acceptors (Lipinski definition) is 3. The topological polar surface area (TPSA) is 64.9 Å². The third-order valence-electron chi connectivity index (χ3n) is 2.28. The van der Waals surface area contributed by atoms with Crippen molar-refractivity contribution in [3.63, 3.8) is 0 Å². The van der Waals surface area contributed by atoms with Gasteiger partial charge >= 0.3 is 0 Å². The standard InChI is InChI=1S/C14H18FN3O/c1-14(2,3)18-13(19)6-7-17-12-5-4-10(9-16)8-11(12)15/h4-5,8,17H,6-7H2,1-3H3,(H,18,19). The van der Waals surface area contributed by atoms with Crippen LogP contribution in [-0.4, -0.2) is 18.0 Å². The summed E-state index contributed by atoms with van der Waals surface area (Å²) < 4.78 is 13.5. The fourth-order valence-corrected chi connectivity index (χ4v) is 1.52. The Morgan fingerprint density at radius 3 is 2.63 bits per heavy atom. The van der Waals surface area contributed by atoms with Crippen molar-refractivity contribution in [2.45, 2.75) is 32.7 Å². The van der Waals surface area contributed by atoms with E-state index >= 15 is 0 Å². The van der Waals surface area contributed by atoms with Gasteiger partial charge in [-0.1, -0.05) is 0 Å². The summed E-state index contributed by atoms with van der Waals surface area (Å²) in [4.78, 5) is 11.5. The quantitative estimate of drug-likeness (QED) is 0.876. The number of benzene rings is 1. The van der Waals surface area contributed by atoms with Gasteiger partial charge in [-0.15, -0.1) is 0 Å². The second-order valence-electron chi connectivity index (χ2n) is 5.28. The summed E-state index contributed by atoms with van der Waals surface area (Å²) >= 11 is 0. The Morgan fingerprint density at radius 1 is 1.42 bits per heavy atom. The Labute approximate surface area is 112 Å². The molecular formula is C14H18FN3O. The van der Waals surface area contributed by atoms with Crippen LogP contribution in [0.1, 0.15) is 32.8 Å². The third-order valence-corrected chi connectivity index (χ3v) is 2.28. The first kappa shape index (κ1) is 15.0. The number of anilines is 1. The van der Waals surface area contributed by atoms with E-state index in [2.05, 4.69) is 10.6 Å². The molecular weight excluding hydrogens is 245 g/mol. The monoisotopic (exact) mass is 263 g/mol. The summed E-state index contributed by atoms with van der Waals surface area (Å²) in [6, 6.07) is 6.05. The zero-order valence-electron chi connectivity index (χ0n) is 11.4. The van der Waals surface area contributed by atoms with Gasteiger partial charge in [-0.3, -0.25) is 4.79 Å². The minimum atomic E-state index is -0.490. The SMILES string of the molecule is CC(C)(C)NC(=O)CCNc1ccc(C#N)cc1F. The molecule has 5 heteroatoms. The van der Waals surface area contributed by atoms with Crippen molar-refractivity contribution in [2.24, 2.45) is 0 Å². The molecule has 102 valence electrons. The maximum absolute atomic E-state index is 13.5. The molecule has 2 N–H and O–H groups in total. The van der Waals surface area contributed by atoms with Crippen LogP contribution in [-0.2, 0) is 4.79 Å². The van der Waals surface area contributed by atoms with Gasteiger partial charge in [0, 0.05) is 18.5 Å². The molecule has 0 atom stereocenters. The molecule has 1 amide bonds. The lowest BCUT2D eigenvalue weighted by molar-refractivity contribution is -0.122. The van der Waals surface area contributed by atoms with Crippen LogP contribution in [0, 0.1) is 17.1 Å². The van der Waals surface area contributed by atoms with E-state index in [1.165, 1.54) is 12.1 Å². The predicted molar refractivity (Wildman–Crippen MR) is 72.1 cm³/mol. The van der Waals surface area contributed by atoms with Gasteiger partial charge in [0.05, 0.1) is 17.3 Å². The summed E-state index contributed by atoms with van der Waals surface area (Å²) in [7, 11) is 0. The summed E-state index contributed by atoms with van der Waals surface area (Å²) in [6.07, 6.45) is 0.261. The number of carbonyl (C=O) groups excluding carboxylic acids is 1. The molecule has 19 heavy (non-hydrogen) atoms. The van der Waals surface area contributed by atoms with E-state index in [0.717, 1.165) is 6.07 Å². The predicted octanol–water partition coefficient (Wildman–Crippen LogP) is 2.41. The van der Waals surface area contributed by atoms with Gasteiger partial charge in [-0.25, -0.2) is 4.39 Å². The van der Waals surface area contributed by atoms with E-state index in [1.54, 1.807) is 0 Å². The van der Waals surface area contributed by atoms with Crippen molar-refractivity contribution in [3.05, 3.63) is 29.6 Å².